The van der Waals surface area contributed by atoms with Gasteiger partial charge in [0.05, 0.1) is 5.56 Å². The van der Waals surface area contributed by atoms with Gasteiger partial charge in [0.1, 0.15) is 11.6 Å². The van der Waals surface area contributed by atoms with Crippen LogP contribution in [0.3, 0.4) is 0 Å². The lowest BCUT2D eigenvalue weighted by molar-refractivity contribution is 0.0950. The van der Waals surface area contributed by atoms with E-state index in [2.05, 4.69) is 32.9 Å². The lowest BCUT2D eigenvalue weighted by Crippen LogP contribution is -2.23. The number of nitrogens with zero attached hydrogens (tertiary/aromatic N) is 1. The van der Waals surface area contributed by atoms with Gasteiger partial charge in [-0.25, -0.2) is 9.37 Å². The molecule has 25 heavy (non-hydrogen) atoms. The first-order chi connectivity index (χ1) is 12.1. The fourth-order valence-corrected chi connectivity index (χ4v) is 2.75. The van der Waals surface area contributed by atoms with E-state index in [-0.39, 0.29) is 11.7 Å². The quantitative estimate of drug-likeness (QED) is 0.583. The molecule has 6 heteroatoms. The van der Waals surface area contributed by atoms with Crippen LogP contribution in [0.4, 0.5) is 4.39 Å². The summed E-state index contributed by atoms with van der Waals surface area (Å²) >= 11 is 2.13. The minimum absolute atomic E-state index is 0.128. The largest absolute Gasteiger partial charge is 0.439 e. The summed E-state index contributed by atoms with van der Waals surface area (Å²) in [6, 6.07) is 16.6. The first-order valence-corrected chi connectivity index (χ1v) is 8.61. The molecule has 0 saturated heterocycles. The highest BCUT2D eigenvalue weighted by molar-refractivity contribution is 14.1. The highest BCUT2D eigenvalue weighted by atomic mass is 127. The van der Waals surface area contributed by atoms with Crippen LogP contribution in [0.1, 0.15) is 15.9 Å². The molecular formula is C19H14FIN2O2. The van der Waals surface area contributed by atoms with Crippen LogP contribution in [0.2, 0.25) is 0 Å². The van der Waals surface area contributed by atoms with Crippen LogP contribution in [0, 0.1) is 9.39 Å². The van der Waals surface area contributed by atoms with E-state index < -0.39 is 0 Å². The number of amides is 1. The van der Waals surface area contributed by atoms with Gasteiger partial charge >= 0.3 is 0 Å². The molecule has 0 bridgehead atoms. The minimum atomic E-state index is -0.320. The molecule has 4 nitrogen and oxygen atoms in total. The molecule has 0 spiro atoms. The summed E-state index contributed by atoms with van der Waals surface area (Å²) < 4.78 is 19.3. The molecule has 0 radical (unpaired) electrons. The Balaban J connectivity index is 1.58. The van der Waals surface area contributed by atoms with Gasteiger partial charge < -0.3 is 10.1 Å². The molecule has 126 valence electrons. The molecule has 3 rings (SSSR count). The standard InChI is InChI=1S/C19H14FIN2O2/c20-14-6-8-15(9-7-14)25-18-10-5-13(11-22-18)12-23-19(24)16-3-1-2-4-17(16)21/h1-11H,12H2,(H,23,24). The average molecular weight is 448 g/mol. The van der Waals surface area contributed by atoms with E-state index in [4.69, 9.17) is 4.74 Å². The second kappa shape index (κ2) is 8.06. The van der Waals surface area contributed by atoms with Gasteiger partial charge in [0, 0.05) is 22.4 Å². The predicted molar refractivity (Wildman–Crippen MR) is 101 cm³/mol. The van der Waals surface area contributed by atoms with Crippen molar-refractivity contribution in [3.63, 3.8) is 0 Å². The van der Waals surface area contributed by atoms with Crippen LogP contribution < -0.4 is 10.1 Å². The highest BCUT2D eigenvalue weighted by Crippen LogP contribution is 2.19. The zero-order valence-electron chi connectivity index (χ0n) is 13.1. The fraction of sp³-hybridized carbons (Fsp3) is 0.0526. The predicted octanol–water partition coefficient (Wildman–Crippen LogP) is 4.55. The van der Waals surface area contributed by atoms with Gasteiger partial charge in [0.15, 0.2) is 0 Å². The van der Waals surface area contributed by atoms with Crippen LogP contribution in [-0.2, 0) is 6.54 Å². The monoisotopic (exact) mass is 448 g/mol. The van der Waals surface area contributed by atoms with Gasteiger partial charge in [0.2, 0.25) is 5.88 Å². The van der Waals surface area contributed by atoms with Gasteiger partial charge in [-0.1, -0.05) is 18.2 Å². The molecule has 1 amide bonds. The Hall–Kier alpha value is -2.48. The summed E-state index contributed by atoms with van der Waals surface area (Å²) in [6.07, 6.45) is 1.63. The third-order valence-electron chi connectivity index (χ3n) is 3.41. The number of hydrogen-bond acceptors (Lipinski definition) is 3. The molecule has 3 aromatic rings. The maximum atomic E-state index is 12.9. The summed E-state index contributed by atoms with van der Waals surface area (Å²) in [4.78, 5) is 16.4. The second-order valence-electron chi connectivity index (χ2n) is 5.22. The zero-order valence-corrected chi connectivity index (χ0v) is 15.2. The van der Waals surface area contributed by atoms with Crippen molar-refractivity contribution in [1.82, 2.24) is 10.3 Å². The Labute approximate surface area is 158 Å². The fourth-order valence-electron chi connectivity index (χ4n) is 2.12. The minimum Gasteiger partial charge on any atom is -0.439 e. The summed E-state index contributed by atoms with van der Waals surface area (Å²) in [5.41, 5.74) is 1.50. The van der Waals surface area contributed by atoms with Crippen molar-refractivity contribution in [3.05, 3.63) is 87.4 Å². The van der Waals surface area contributed by atoms with Crippen LogP contribution in [0.15, 0.2) is 66.9 Å². The topological polar surface area (TPSA) is 51.2 Å². The van der Waals surface area contributed by atoms with Crippen molar-refractivity contribution in [3.8, 4) is 11.6 Å². The molecule has 0 fully saturated rings. The van der Waals surface area contributed by atoms with Gasteiger partial charge in [-0.2, -0.15) is 0 Å². The number of pyridine rings is 1. The first kappa shape index (κ1) is 17.3. The number of hydrogen-bond donors (Lipinski definition) is 1. The van der Waals surface area contributed by atoms with Gasteiger partial charge in [-0.05, 0) is 64.6 Å². The zero-order chi connectivity index (χ0) is 17.6. The number of carbonyl (C=O) groups excluding carboxylic acids is 1. The summed E-state index contributed by atoms with van der Waals surface area (Å²) in [5.74, 6) is 0.462. The third kappa shape index (κ3) is 4.76. The molecule has 1 N–H and O–H groups in total. The van der Waals surface area contributed by atoms with Crippen molar-refractivity contribution in [2.45, 2.75) is 6.54 Å². The van der Waals surface area contributed by atoms with Crippen molar-refractivity contribution < 1.29 is 13.9 Å². The summed E-state index contributed by atoms with van der Waals surface area (Å²) in [6.45, 7) is 0.369. The number of rotatable bonds is 5. The van der Waals surface area contributed by atoms with E-state index in [1.807, 2.05) is 24.3 Å². The normalized spacial score (nSPS) is 10.3. The van der Waals surface area contributed by atoms with Crippen molar-refractivity contribution in [1.29, 1.82) is 0 Å². The van der Waals surface area contributed by atoms with E-state index in [0.29, 0.717) is 23.7 Å². The highest BCUT2D eigenvalue weighted by Gasteiger charge is 2.08. The second-order valence-corrected chi connectivity index (χ2v) is 6.39. The molecule has 0 aliphatic carbocycles. The number of aromatic nitrogens is 1. The first-order valence-electron chi connectivity index (χ1n) is 7.53. The van der Waals surface area contributed by atoms with Crippen molar-refractivity contribution >= 4 is 28.5 Å². The lowest BCUT2D eigenvalue weighted by Gasteiger charge is -2.08. The third-order valence-corrected chi connectivity index (χ3v) is 4.35. The lowest BCUT2D eigenvalue weighted by atomic mass is 10.2. The number of halogens is 2. The van der Waals surface area contributed by atoms with E-state index in [0.717, 1.165) is 9.13 Å². The van der Waals surface area contributed by atoms with Crippen LogP contribution >= 0.6 is 22.6 Å². The van der Waals surface area contributed by atoms with Gasteiger partial charge in [-0.3, -0.25) is 4.79 Å². The molecule has 0 saturated carbocycles. The molecule has 0 unspecified atom stereocenters. The van der Waals surface area contributed by atoms with Crippen LogP contribution in [0.5, 0.6) is 11.6 Å². The van der Waals surface area contributed by atoms with Crippen molar-refractivity contribution in [2.24, 2.45) is 0 Å². The Kier molecular flexibility index (Phi) is 5.60. The number of nitrogens with one attached hydrogen (secondary N) is 1. The SMILES string of the molecule is O=C(NCc1ccc(Oc2ccc(F)cc2)nc1)c1ccccc1I. The van der Waals surface area contributed by atoms with E-state index >= 15 is 0 Å². The smallest absolute Gasteiger partial charge is 0.252 e. The molecule has 2 aromatic carbocycles. The van der Waals surface area contributed by atoms with Gasteiger partial charge in [0.25, 0.3) is 5.91 Å². The maximum absolute atomic E-state index is 12.9. The van der Waals surface area contributed by atoms with Gasteiger partial charge in [-0.15, -0.1) is 0 Å². The number of ether oxygens (including phenoxy) is 1. The van der Waals surface area contributed by atoms with E-state index in [9.17, 15) is 9.18 Å². The molecular weight excluding hydrogens is 434 g/mol. The summed E-state index contributed by atoms with van der Waals surface area (Å²) in [7, 11) is 0. The molecule has 0 atom stereocenters. The molecule has 0 aliphatic rings. The molecule has 1 heterocycles. The van der Waals surface area contributed by atoms with Crippen LogP contribution in [-0.4, -0.2) is 10.9 Å². The number of benzene rings is 2. The van der Waals surface area contributed by atoms with Crippen molar-refractivity contribution in [2.75, 3.05) is 0 Å². The Morgan fingerprint density at radius 1 is 1.08 bits per heavy atom. The summed E-state index contributed by atoms with van der Waals surface area (Å²) in [5, 5.41) is 2.87. The average Bonchev–Trinajstić information content (AvgIpc) is 2.63. The number of carbonyl (C=O) groups is 1. The van der Waals surface area contributed by atoms with E-state index in [1.54, 1.807) is 18.3 Å². The Morgan fingerprint density at radius 3 is 2.52 bits per heavy atom. The Bertz CT molecular complexity index is 867. The van der Waals surface area contributed by atoms with E-state index in [1.165, 1.54) is 24.3 Å². The van der Waals surface area contributed by atoms with Crippen LogP contribution in [0.25, 0.3) is 0 Å². The molecule has 0 aliphatic heterocycles. The Morgan fingerprint density at radius 2 is 1.84 bits per heavy atom. The maximum Gasteiger partial charge on any atom is 0.252 e. The molecule has 1 aromatic heterocycles.